The molecule has 9 nitrogen and oxygen atoms in total. The Morgan fingerprint density at radius 1 is 1.21 bits per heavy atom. The normalized spacial score (nSPS) is 13.6. The predicted molar refractivity (Wildman–Crippen MR) is 62.0 cm³/mol. The van der Waals surface area contributed by atoms with E-state index in [1.807, 2.05) is 0 Å². The van der Waals surface area contributed by atoms with Crippen molar-refractivity contribution >= 4 is 11.8 Å². The van der Waals surface area contributed by atoms with Gasteiger partial charge in [0.25, 0.3) is 11.8 Å². The lowest BCUT2D eigenvalue weighted by atomic mass is 10.2. The highest BCUT2D eigenvalue weighted by Gasteiger charge is 2.17. The molecule has 0 aliphatic rings. The van der Waals surface area contributed by atoms with Crippen LogP contribution >= 0.6 is 0 Å². The van der Waals surface area contributed by atoms with Crippen molar-refractivity contribution in [3.8, 4) is 0 Å². The average Bonchev–Trinajstić information content (AvgIpc) is 2.43. The van der Waals surface area contributed by atoms with Gasteiger partial charge in [-0.25, -0.2) is 9.97 Å². The predicted octanol–water partition coefficient (Wildman–Crippen LogP) is -2.98. The molecule has 2 unspecified atom stereocenters. The molecular weight excluding hydrogens is 256 g/mol. The van der Waals surface area contributed by atoms with Crippen LogP contribution < -0.4 is 11.1 Å². The summed E-state index contributed by atoms with van der Waals surface area (Å²) in [6.07, 6.45) is -0.531. The van der Waals surface area contributed by atoms with Crippen LogP contribution in [0.2, 0.25) is 0 Å². The van der Waals surface area contributed by atoms with Gasteiger partial charge in [0.2, 0.25) is 0 Å². The van der Waals surface area contributed by atoms with E-state index in [9.17, 15) is 14.7 Å². The van der Waals surface area contributed by atoms with Crippen LogP contribution in [0.1, 0.15) is 21.0 Å². The second-order valence-electron chi connectivity index (χ2n) is 3.68. The quantitative estimate of drug-likeness (QED) is 0.369. The molecule has 1 aromatic heterocycles. The van der Waals surface area contributed by atoms with Gasteiger partial charge in [-0.05, 0) is 0 Å². The summed E-state index contributed by atoms with van der Waals surface area (Å²) in [5.41, 5.74) is 4.81. The van der Waals surface area contributed by atoms with Crippen molar-refractivity contribution in [2.45, 2.75) is 12.2 Å². The minimum Gasteiger partial charge on any atom is -0.394 e. The Morgan fingerprint density at radius 2 is 1.79 bits per heavy atom. The van der Waals surface area contributed by atoms with Crippen LogP contribution in [-0.4, -0.2) is 62.5 Å². The topological polar surface area (TPSA) is 159 Å². The lowest BCUT2D eigenvalue weighted by molar-refractivity contribution is -0.0123. The van der Waals surface area contributed by atoms with Crippen LogP contribution in [0.3, 0.4) is 0 Å². The Balaban J connectivity index is 2.56. The fourth-order valence-electron chi connectivity index (χ4n) is 1.12. The van der Waals surface area contributed by atoms with Crippen LogP contribution in [0.25, 0.3) is 0 Å². The molecule has 0 radical (unpaired) electrons. The maximum Gasteiger partial charge on any atom is 0.271 e. The van der Waals surface area contributed by atoms with Crippen molar-refractivity contribution < 1.29 is 24.9 Å². The number of carbonyl (C=O) groups excluding carboxylic acids is 2. The Kier molecular flexibility index (Phi) is 5.30. The largest absolute Gasteiger partial charge is 0.394 e. The van der Waals surface area contributed by atoms with Gasteiger partial charge in [0, 0.05) is 6.54 Å². The number of rotatable bonds is 6. The molecule has 1 heterocycles. The van der Waals surface area contributed by atoms with Gasteiger partial charge in [-0.3, -0.25) is 9.59 Å². The zero-order chi connectivity index (χ0) is 14.4. The summed E-state index contributed by atoms with van der Waals surface area (Å²) in [6, 6.07) is 0. The van der Waals surface area contributed by atoms with E-state index in [1.165, 1.54) is 0 Å². The van der Waals surface area contributed by atoms with Crippen LogP contribution in [0.4, 0.5) is 0 Å². The Morgan fingerprint density at radius 3 is 2.26 bits per heavy atom. The van der Waals surface area contributed by atoms with Crippen molar-refractivity contribution in [3.05, 3.63) is 23.8 Å². The van der Waals surface area contributed by atoms with Gasteiger partial charge in [-0.2, -0.15) is 0 Å². The van der Waals surface area contributed by atoms with Gasteiger partial charge in [-0.1, -0.05) is 0 Å². The van der Waals surface area contributed by atoms with E-state index < -0.39 is 30.6 Å². The number of hydrogen-bond donors (Lipinski definition) is 5. The summed E-state index contributed by atoms with van der Waals surface area (Å²) >= 11 is 0. The van der Waals surface area contributed by atoms with Gasteiger partial charge in [0.1, 0.15) is 17.5 Å². The van der Waals surface area contributed by atoms with Crippen LogP contribution in [0.15, 0.2) is 12.4 Å². The maximum atomic E-state index is 11.6. The van der Waals surface area contributed by atoms with Gasteiger partial charge in [0.15, 0.2) is 0 Å². The molecule has 9 heteroatoms. The molecule has 1 rings (SSSR count). The fourth-order valence-corrected chi connectivity index (χ4v) is 1.12. The fraction of sp³-hybridized carbons (Fsp3) is 0.400. The molecule has 0 aliphatic carbocycles. The van der Waals surface area contributed by atoms with Crippen molar-refractivity contribution in [2.75, 3.05) is 13.2 Å². The highest BCUT2D eigenvalue weighted by Crippen LogP contribution is 1.96. The number of hydrogen-bond acceptors (Lipinski definition) is 7. The molecule has 104 valence electrons. The van der Waals surface area contributed by atoms with Crippen molar-refractivity contribution in [3.63, 3.8) is 0 Å². The molecule has 1 aromatic rings. The number of amides is 2. The molecule has 0 aliphatic heterocycles. The maximum absolute atomic E-state index is 11.6. The first-order valence-corrected chi connectivity index (χ1v) is 5.32. The van der Waals surface area contributed by atoms with E-state index >= 15 is 0 Å². The van der Waals surface area contributed by atoms with Crippen molar-refractivity contribution in [1.82, 2.24) is 15.3 Å². The van der Waals surface area contributed by atoms with E-state index in [2.05, 4.69) is 15.3 Å². The molecule has 2 atom stereocenters. The lowest BCUT2D eigenvalue weighted by Gasteiger charge is -2.15. The molecule has 0 saturated heterocycles. The smallest absolute Gasteiger partial charge is 0.271 e. The summed E-state index contributed by atoms with van der Waals surface area (Å²) in [5.74, 6) is -1.41. The first-order valence-electron chi connectivity index (χ1n) is 5.32. The summed E-state index contributed by atoms with van der Waals surface area (Å²) in [4.78, 5) is 29.6. The number of nitrogens with zero attached hydrogens (tertiary/aromatic N) is 2. The van der Waals surface area contributed by atoms with Gasteiger partial charge >= 0.3 is 0 Å². The van der Waals surface area contributed by atoms with Gasteiger partial charge in [0.05, 0.1) is 25.1 Å². The van der Waals surface area contributed by atoms with Crippen LogP contribution in [-0.2, 0) is 0 Å². The number of nitrogens with two attached hydrogens (primary N) is 1. The average molecular weight is 270 g/mol. The molecule has 0 bridgehead atoms. The van der Waals surface area contributed by atoms with Crippen LogP contribution in [0, 0.1) is 0 Å². The van der Waals surface area contributed by atoms with E-state index in [1.54, 1.807) is 0 Å². The minimum absolute atomic E-state index is 0.0734. The summed E-state index contributed by atoms with van der Waals surface area (Å²) in [6.45, 7) is -0.885. The molecule has 0 aromatic carbocycles. The van der Waals surface area contributed by atoms with Gasteiger partial charge < -0.3 is 26.4 Å². The Bertz CT molecular complexity index is 450. The minimum atomic E-state index is -1.34. The van der Waals surface area contributed by atoms with E-state index in [0.29, 0.717) is 0 Å². The molecular formula is C10H14N4O5. The van der Waals surface area contributed by atoms with Gasteiger partial charge in [-0.15, -0.1) is 0 Å². The molecule has 19 heavy (non-hydrogen) atoms. The first-order chi connectivity index (χ1) is 8.95. The van der Waals surface area contributed by atoms with Crippen molar-refractivity contribution in [2.24, 2.45) is 5.73 Å². The summed E-state index contributed by atoms with van der Waals surface area (Å²) < 4.78 is 0. The third-order valence-corrected chi connectivity index (χ3v) is 2.24. The number of carbonyl (C=O) groups is 2. The molecule has 0 spiro atoms. The number of aliphatic hydroxyl groups is 3. The zero-order valence-corrected chi connectivity index (χ0v) is 9.85. The SMILES string of the molecule is NC(=O)c1cnc(C(=O)NCC(O)C(O)CO)cn1. The molecule has 2 amide bonds. The number of primary amides is 1. The molecule has 0 fully saturated rings. The highest BCUT2D eigenvalue weighted by molar-refractivity contribution is 5.93. The van der Waals surface area contributed by atoms with E-state index in [-0.39, 0.29) is 17.9 Å². The second kappa shape index (κ2) is 6.73. The lowest BCUT2D eigenvalue weighted by Crippen LogP contribution is -2.40. The Hall–Kier alpha value is -2.10. The monoisotopic (exact) mass is 270 g/mol. The third-order valence-electron chi connectivity index (χ3n) is 2.24. The third kappa shape index (κ3) is 4.25. The second-order valence-corrected chi connectivity index (χ2v) is 3.68. The van der Waals surface area contributed by atoms with Crippen molar-refractivity contribution in [1.29, 1.82) is 0 Å². The molecule has 6 N–H and O–H groups in total. The summed E-state index contributed by atoms with van der Waals surface area (Å²) in [7, 11) is 0. The number of nitrogens with one attached hydrogen (secondary N) is 1. The number of aliphatic hydroxyl groups excluding tert-OH is 3. The Labute approximate surface area is 108 Å². The standard InChI is InChI=1S/C10H14N4O5/c11-9(18)5-1-13-6(2-12-5)10(19)14-3-7(16)8(17)4-15/h1-2,7-8,15-17H,3-4H2,(H2,11,18)(H,14,19). The first kappa shape index (κ1) is 15.0. The zero-order valence-electron chi connectivity index (χ0n) is 9.85. The van der Waals surface area contributed by atoms with E-state index in [4.69, 9.17) is 15.9 Å². The molecule has 0 saturated carbocycles. The number of aromatic nitrogens is 2. The highest BCUT2D eigenvalue weighted by atomic mass is 16.4. The summed E-state index contributed by atoms with van der Waals surface area (Å²) in [5, 5.41) is 29.3. The van der Waals surface area contributed by atoms with Crippen LogP contribution in [0.5, 0.6) is 0 Å². The van der Waals surface area contributed by atoms with E-state index in [0.717, 1.165) is 12.4 Å².